The van der Waals surface area contributed by atoms with Crippen molar-refractivity contribution < 1.29 is 0 Å². The van der Waals surface area contributed by atoms with Crippen molar-refractivity contribution in [2.24, 2.45) is 0 Å². The molecule has 0 nitrogen and oxygen atoms in total. The Bertz CT molecular complexity index is 535. The van der Waals surface area contributed by atoms with E-state index in [9.17, 15) is 0 Å². The van der Waals surface area contributed by atoms with E-state index in [2.05, 4.69) is 57.2 Å². The fourth-order valence-electron chi connectivity index (χ4n) is 1.58. The van der Waals surface area contributed by atoms with Gasteiger partial charge in [0.1, 0.15) is 0 Å². The lowest BCUT2D eigenvalue weighted by atomic mass is 10.1. The topological polar surface area (TPSA) is 0 Å². The largest absolute Gasteiger partial charge is 0.0623 e. The molecule has 21 heavy (non-hydrogen) atoms. The number of rotatable bonds is 0. The predicted molar refractivity (Wildman–Crippen MR) is 93.5 cm³/mol. The minimum atomic E-state index is 1.32. The van der Waals surface area contributed by atoms with E-state index in [-0.39, 0.29) is 0 Å². The van der Waals surface area contributed by atoms with Crippen molar-refractivity contribution >= 4 is 0 Å². The monoisotopic (exact) mass is 276 g/mol. The third-order valence-electron chi connectivity index (χ3n) is 3.03. The number of hydrogen-bond acceptors (Lipinski definition) is 0. The van der Waals surface area contributed by atoms with Crippen molar-refractivity contribution in [1.82, 2.24) is 0 Å². The van der Waals surface area contributed by atoms with Gasteiger partial charge in [-0.25, -0.2) is 0 Å². The van der Waals surface area contributed by atoms with Crippen molar-refractivity contribution in [3.05, 3.63) is 108 Å². The van der Waals surface area contributed by atoms with Gasteiger partial charge in [0, 0.05) is 0 Å². The van der Waals surface area contributed by atoms with Crippen molar-refractivity contribution in [3.63, 3.8) is 0 Å². The molecule has 0 atom stereocenters. The Morgan fingerprint density at radius 3 is 0.905 bits per heavy atom. The van der Waals surface area contributed by atoms with Gasteiger partial charge in [-0.2, -0.15) is 0 Å². The Morgan fingerprint density at radius 1 is 0.381 bits per heavy atom. The second kappa shape index (κ2) is 10.4. The molecule has 3 aromatic carbocycles. The molecule has 0 aliphatic heterocycles. The maximum Gasteiger partial charge on any atom is -0.0395 e. The highest BCUT2D eigenvalue weighted by Crippen LogP contribution is 2.02. The lowest BCUT2D eigenvalue weighted by Gasteiger charge is -1.93. The molecule has 0 saturated carbocycles. The summed E-state index contributed by atoms with van der Waals surface area (Å²) in [6, 6.07) is 30.6. The molecule has 0 bridgehead atoms. The quantitative estimate of drug-likeness (QED) is 0.473. The Kier molecular flexibility index (Phi) is 8.32. The number of hydrogen-bond donors (Lipinski definition) is 0. The zero-order chi connectivity index (χ0) is 15.3. The van der Waals surface area contributed by atoms with E-state index in [1.807, 2.05) is 54.6 Å². The van der Waals surface area contributed by atoms with E-state index >= 15 is 0 Å². The smallest absolute Gasteiger partial charge is 0.0395 e. The first kappa shape index (κ1) is 16.7. The van der Waals surface area contributed by atoms with Crippen molar-refractivity contribution in [3.8, 4) is 0 Å². The highest BCUT2D eigenvalue weighted by molar-refractivity contribution is 5.23. The molecule has 0 saturated heterocycles. The molecule has 0 heterocycles. The van der Waals surface area contributed by atoms with Gasteiger partial charge in [-0.15, -0.1) is 0 Å². The third-order valence-corrected chi connectivity index (χ3v) is 3.03. The zero-order valence-electron chi connectivity index (χ0n) is 13.2. The number of aryl methyl sites for hydroxylation is 3. The normalized spacial score (nSPS) is 8.71. The second-order valence-corrected chi connectivity index (χ2v) is 4.89. The van der Waals surface area contributed by atoms with E-state index in [4.69, 9.17) is 0 Å². The van der Waals surface area contributed by atoms with Crippen LogP contribution in [-0.4, -0.2) is 0 Å². The molecular weight excluding hydrogens is 252 g/mol. The Morgan fingerprint density at radius 2 is 0.667 bits per heavy atom. The van der Waals surface area contributed by atoms with Gasteiger partial charge < -0.3 is 0 Å². The van der Waals surface area contributed by atoms with E-state index < -0.39 is 0 Å². The van der Waals surface area contributed by atoms with Crippen LogP contribution in [0.25, 0.3) is 0 Å². The lowest BCUT2D eigenvalue weighted by Crippen LogP contribution is -1.74. The van der Waals surface area contributed by atoms with Gasteiger partial charge in [0.2, 0.25) is 0 Å². The molecule has 0 heteroatoms. The van der Waals surface area contributed by atoms with E-state index in [1.54, 1.807) is 0 Å². The summed E-state index contributed by atoms with van der Waals surface area (Å²) in [6.07, 6.45) is 0. The van der Waals surface area contributed by atoms with E-state index in [0.29, 0.717) is 0 Å². The molecule has 108 valence electrons. The van der Waals surface area contributed by atoms with Gasteiger partial charge in [-0.3, -0.25) is 0 Å². The van der Waals surface area contributed by atoms with Crippen molar-refractivity contribution in [2.75, 3.05) is 0 Å². The molecule has 0 spiro atoms. The summed E-state index contributed by atoms with van der Waals surface area (Å²) in [5.74, 6) is 0. The first-order valence-corrected chi connectivity index (χ1v) is 7.24. The van der Waals surface area contributed by atoms with Crippen LogP contribution < -0.4 is 0 Å². The SMILES string of the molecule is Cc1ccccc1.Cc1ccccc1C.c1ccccc1. The van der Waals surface area contributed by atoms with Gasteiger partial charge in [-0.05, 0) is 31.9 Å². The molecule has 3 rings (SSSR count). The minimum absolute atomic E-state index is 1.32. The molecular formula is C21H24. The molecule has 0 radical (unpaired) electrons. The fraction of sp³-hybridized carbons (Fsp3) is 0.143. The molecule has 0 aliphatic rings. The van der Waals surface area contributed by atoms with Crippen LogP contribution in [0.4, 0.5) is 0 Å². The summed E-state index contributed by atoms with van der Waals surface area (Å²) < 4.78 is 0. The summed E-state index contributed by atoms with van der Waals surface area (Å²) in [7, 11) is 0. The van der Waals surface area contributed by atoms with Gasteiger partial charge in [0.25, 0.3) is 0 Å². The summed E-state index contributed by atoms with van der Waals surface area (Å²) in [5.41, 5.74) is 4.06. The lowest BCUT2D eigenvalue weighted by molar-refractivity contribution is 1.34. The van der Waals surface area contributed by atoms with E-state index in [1.165, 1.54) is 16.7 Å². The first-order chi connectivity index (χ1) is 10.2. The average Bonchev–Trinajstić information content (AvgIpc) is 2.54. The average molecular weight is 276 g/mol. The maximum atomic E-state index is 2.12. The van der Waals surface area contributed by atoms with Crippen LogP contribution in [0.15, 0.2) is 91.0 Å². The molecule has 0 aromatic heterocycles. The van der Waals surface area contributed by atoms with Gasteiger partial charge in [0.05, 0.1) is 0 Å². The molecule has 0 aliphatic carbocycles. The summed E-state index contributed by atoms with van der Waals surface area (Å²) in [6.45, 7) is 6.32. The molecule has 0 amide bonds. The van der Waals surface area contributed by atoms with E-state index in [0.717, 1.165) is 0 Å². The minimum Gasteiger partial charge on any atom is -0.0623 e. The number of benzene rings is 3. The van der Waals surface area contributed by atoms with Crippen LogP contribution in [0.1, 0.15) is 16.7 Å². The Labute approximate surface area is 129 Å². The summed E-state index contributed by atoms with van der Waals surface area (Å²) in [4.78, 5) is 0. The highest BCUT2D eigenvalue weighted by atomic mass is 13.9. The molecule has 0 fully saturated rings. The maximum absolute atomic E-state index is 2.12. The van der Waals surface area contributed by atoms with Crippen molar-refractivity contribution in [2.45, 2.75) is 20.8 Å². The van der Waals surface area contributed by atoms with Crippen LogP contribution in [0.5, 0.6) is 0 Å². The van der Waals surface area contributed by atoms with Crippen LogP contribution >= 0.6 is 0 Å². The van der Waals surface area contributed by atoms with Gasteiger partial charge in [-0.1, -0.05) is 96.6 Å². The Hall–Kier alpha value is -2.34. The zero-order valence-corrected chi connectivity index (χ0v) is 13.2. The summed E-state index contributed by atoms with van der Waals surface area (Å²) >= 11 is 0. The van der Waals surface area contributed by atoms with Crippen LogP contribution in [-0.2, 0) is 0 Å². The van der Waals surface area contributed by atoms with Crippen LogP contribution in [0.3, 0.4) is 0 Å². The Balaban J connectivity index is 0.000000159. The predicted octanol–water partition coefficient (Wildman–Crippen LogP) is 5.99. The summed E-state index contributed by atoms with van der Waals surface area (Å²) in [5, 5.41) is 0. The van der Waals surface area contributed by atoms with Gasteiger partial charge in [0.15, 0.2) is 0 Å². The molecule has 3 aromatic rings. The third kappa shape index (κ3) is 8.43. The van der Waals surface area contributed by atoms with Crippen molar-refractivity contribution in [1.29, 1.82) is 0 Å². The first-order valence-electron chi connectivity index (χ1n) is 7.24. The van der Waals surface area contributed by atoms with Gasteiger partial charge >= 0.3 is 0 Å². The highest BCUT2D eigenvalue weighted by Gasteiger charge is 1.83. The van der Waals surface area contributed by atoms with Crippen LogP contribution in [0, 0.1) is 20.8 Å². The fourth-order valence-corrected chi connectivity index (χ4v) is 1.58. The molecule has 0 N–H and O–H groups in total. The second-order valence-electron chi connectivity index (χ2n) is 4.89. The molecule has 0 unspecified atom stereocenters. The van der Waals surface area contributed by atoms with Crippen LogP contribution in [0.2, 0.25) is 0 Å². The standard InChI is InChI=1S/C8H10.C7H8.C6H6/c1-7-5-3-4-6-8(7)2;1-7-5-3-2-4-6-7;1-2-4-6-5-3-1/h3-6H,1-2H3;2-6H,1H3;1-6H.